The van der Waals surface area contributed by atoms with E-state index in [4.69, 9.17) is 11.5 Å². The highest BCUT2D eigenvalue weighted by atomic mass is 15.2. The second kappa shape index (κ2) is 11.0. The third-order valence-electron chi connectivity index (χ3n) is 3.95. The van der Waals surface area contributed by atoms with Crippen LogP contribution >= 0.6 is 0 Å². The average molecular weight is 331 g/mol. The minimum absolute atomic E-state index is 0.661. The van der Waals surface area contributed by atoms with Crippen LogP contribution in [0.15, 0.2) is 28.2 Å². The highest BCUT2D eigenvalue weighted by molar-refractivity contribution is 5.81. The van der Waals surface area contributed by atoms with E-state index in [2.05, 4.69) is 24.8 Å². The van der Waals surface area contributed by atoms with Crippen molar-refractivity contribution in [3.05, 3.63) is 29.6 Å². The summed E-state index contributed by atoms with van der Waals surface area (Å²) < 4.78 is 0. The van der Waals surface area contributed by atoms with Crippen LogP contribution in [0.25, 0.3) is 0 Å². The normalized spacial score (nSPS) is 18.2. The minimum Gasteiger partial charge on any atom is -0.329 e. The van der Waals surface area contributed by atoms with Crippen molar-refractivity contribution < 1.29 is 0 Å². The van der Waals surface area contributed by atoms with Gasteiger partial charge in [0.25, 0.3) is 0 Å². The fraction of sp³-hybridized carbons (Fsp3) is 0.588. The zero-order valence-electron chi connectivity index (χ0n) is 14.3. The fourth-order valence-corrected chi connectivity index (χ4v) is 2.65. The molecule has 0 radical (unpaired) electrons. The summed E-state index contributed by atoms with van der Waals surface area (Å²) in [4.78, 5) is 18.2. The lowest BCUT2D eigenvalue weighted by molar-refractivity contribution is 0.216. The van der Waals surface area contributed by atoms with Crippen molar-refractivity contribution in [1.82, 2.24) is 14.8 Å². The quantitative estimate of drug-likeness (QED) is 0.772. The average Bonchev–Trinajstić information content (AvgIpc) is 2.60. The second-order valence-corrected chi connectivity index (χ2v) is 5.82. The van der Waals surface area contributed by atoms with Gasteiger partial charge in [-0.2, -0.15) is 0 Å². The Morgan fingerprint density at radius 2 is 1.29 bits per heavy atom. The van der Waals surface area contributed by atoms with Gasteiger partial charge in [0.05, 0.1) is 24.5 Å². The molecule has 0 aliphatic carbocycles. The molecule has 1 aromatic heterocycles. The number of aliphatic imine (C=N–C) groups is 2. The maximum atomic E-state index is 5.73. The molecule has 0 atom stereocenters. The van der Waals surface area contributed by atoms with E-state index in [0.29, 0.717) is 13.1 Å². The lowest BCUT2D eigenvalue weighted by Gasteiger charge is -2.26. The molecule has 4 N–H and O–H groups in total. The van der Waals surface area contributed by atoms with Crippen molar-refractivity contribution in [2.24, 2.45) is 21.5 Å². The van der Waals surface area contributed by atoms with E-state index >= 15 is 0 Å². The number of pyridine rings is 1. The molecule has 2 bridgehead atoms. The number of nitrogens with zero attached hydrogens (tertiary/aromatic N) is 5. The Labute approximate surface area is 144 Å². The van der Waals surface area contributed by atoms with Crippen LogP contribution in [-0.4, -0.2) is 92.7 Å². The predicted octanol–water partition coefficient (Wildman–Crippen LogP) is -0.546. The van der Waals surface area contributed by atoms with Gasteiger partial charge in [-0.05, 0) is 12.1 Å². The van der Waals surface area contributed by atoms with E-state index in [1.807, 2.05) is 30.6 Å². The molecule has 7 heteroatoms. The molecular weight excluding hydrogens is 302 g/mol. The first-order valence-electron chi connectivity index (χ1n) is 8.63. The van der Waals surface area contributed by atoms with E-state index < -0.39 is 0 Å². The molecule has 0 amide bonds. The Bertz CT molecular complexity index is 486. The lowest BCUT2D eigenvalue weighted by atomic mass is 10.3. The molecule has 1 aliphatic heterocycles. The van der Waals surface area contributed by atoms with Crippen LogP contribution < -0.4 is 11.5 Å². The van der Waals surface area contributed by atoms with Gasteiger partial charge in [0, 0.05) is 64.8 Å². The van der Waals surface area contributed by atoms with Crippen LogP contribution in [0.2, 0.25) is 0 Å². The van der Waals surface area contributed by atoms with Crippen LogP contribution in [-0.2, 0) is 0 Å². The second-order valence-electron chi connectivity index (χ2n) is 5.82. The van der Waals surface area contributed by atoms with Crippen LogP contribution in [0.1, 0.15) is 11.4 Å². The number of nitrogens with two attached hydrogens (primary N) is 2. The van der Waals surface area contributed by atoms with Gasteiger partial charge in [0.15, 0.2) is 0 Å². The summed E-state index contributed by atoms with van der Waals surface area (Å²) in [7, 11) is 0. The first-order chi connectivity index (χ1) is 11.8. The zero-order chi connectivity index (χ0) is 17.0. The Morgan fingerprint density at radius 3 is 1.75 bits per heavy atom. The van der Waals surface area contributed by atoms with Crippen molar-refractivity contribution in [2.45, 2.75) is 0 Å². The van der Waals surface area contributed by atoms with Crippen LogP contribution in [0, 0.1) is 0 Å². The molecule has 7 nitrogen and oxygen atoms in total. The SMILES string of the molecule is NCCN1CCN=Cc2cccc(n2)C=NCCN(CCN)CC1. The zero-order valence-corrected chi connectivity index (χ0v) is 14.3. The molecule has 0 unspecified atom stereocenters. The van der Waals surface area contributed by atoms with Gasteiger partial charge in [-0.15, -0.1) is 0 Å². The van der Waals surface area contributed by atoms with Crippen molar-refractivity contribution >= 4 is 12.4 Å². The summed E-state index contributed by atoms with van der Waals surface area (Å²) in [6.07, 6.45) is 3.66. The molecule has 0 fully saturated rings. The number of hydrogen-bond donors (Lipinski definition) is 2. The monoisotopic (exact) mass is 331 g/mol. The Hall–Kier alpha value is -1.67. The van der Waals surface area contributed by atoms with Gasteiger partial charge in [0.1, 0.15) is 0 Å². The molecule has 24 heavy (non-hydrogen) atoms. The van der Waals surface area contributed by atoms with Crippen LogP contribution in [0.3, 0.4) is 0 Å². The molecule has 1 aliphatic rings. The van der Waals surface area contributed by atoms with Crippen LogP contribution in [0.4, 0.5) is 0 Å². The Kier molecular flexibility index (Phi) is 8.54. The van der Waals surface area contributed by atoms with Gasteiger partial charge >= 0.3 is 0 Å². The predicted molar refractivity (Wildman–Crippen MR) is 100 cm³/mol. The summed E-state index contributed by atoms with van der Waals surface area (Å²) in [5.74, 6) is 0. The lowest BCUT2D eigenvalue weighted by Crippen LogP contribution is -2.41. The highest BCUT2D eigenvalue weighted by Gasteiger charge is 2.08. The van der Waals surface area contributed by atoms with Crippen LogP contribution in [0.5, 0.6) is 0 Å². The molecule has 0 saturated heterocycles. The van der Waals surface area contributed by atoms with E-state index in [9.17, 15) is 0 Å². The number of aromatic nitrogens is 1. The molecule has 1 aromatic rings. The topological polar surface area (TPSA) is 96.1 Å². The number of fused-ring (bicyclic) bond motifs is 2. The van der Waals surface area contributed by atoms with Crippen molar-refractivity contribution in [3.63, 3.8) is 0 Å². The summed E-state index contributed by atoms with van der Waals surface area (Å²) in [5.41, 5.74) is 13.2. The van der Waals surface area contributed by atoms with E-state index in [1.54, 1.807) is 0 Å². The van der Waals surface area contributed by atoms with Gasteiger partial charge in [0.2, 0.25) is 0 Å². The molecule has 2 heterocycles. The van der Waals surface area contributed by atoms with Crippen molar-refractivity contribution in [1.29, 1.82) is 0 Å². The molecule has 2 rings (SSSR count). The smallest absolute Gasteiger partial charge is 0.0815 e. The Morgan fingerprint density at radius 1 is 0.792 bits per heavy atom. The van der Waals surface area contributed by atoms with Gasteiger partial charge < -0.3 is 11.5 Å². The molecule has 0 aromatic carbocycles. The molecule has 0 saturated carbocycles. The third-order valence-corrected chi connectivity index (χ3v) is 3.95. The Balaban J connectivity index is 2.08. The van der Waals surface area contributed by atoms with Gasteiger partial charge in [-0.3, -0.25) is 19.8 Å². The van der Waals surface area contributed by atoms with Gasteiger partial charge in [-0.1, -0.05) is 6.07 Å². The first-order valence-corrected chi connectivity index (χ1v) is 8.63. The standard InChI is InChI=1S/C17H29N7/c18-4-8-23-10-6-20-14-16-2-1-3-17(22-16)15-21-7-11-24(9-5-19)13-12-23/h1-3,14-15H,4-13,18-19H2. The summed E-state index contributed by atoms with van der Waals surface area (Å²) >= 11 is 0. The van der Waals surface area contributed by atoms with E-state index in [0.717, 1.165) is 63.7 Å². The molecular formula is C17H29N7. The maximum absolute atomic E-state index is 5.73. The third kappa shape index (κ3) is 6.84. The maximum Gasteiger partial charge on any atom is 0.0815 e. The molecule has 132 valence electrons. The minimum atomic E-state index is 0.661. The first kappa shape index (κ1) is 18.7. The van der Waals surface area contributed by atoms with E-state index in [-0.39, 0.29) is 0 Å². The van der Waals surface area contributed by atoms with Crippen molar-refractivity contribution in [2.75, 3.05) is 65.4 Å². The van der Waals surface area contributed by atoms with Crippen molar-refractivity contribution in [3.8, 4) is 0 Å². The number of hydrogen-bond acceptors (Lipinski definition) is 7. The van der Waals surface area contributed by atoms with E-state index in [1.165, 1.54) is 0 Å². The largest absolute Gasteiger partial charge is 0.329 e. The summed E-state index contributed by atoms with van der Waals surface area (Å²) in [6, 6.07) is 5.90. The van der Waals surface area contributed by atoms with Gasteiger partial charge in [-0.25, -0.2) is 4.98 Å². The fourth-order valence-electron chi connectivity index (χ4n) is 2.65. The number of rotatable bonds is 4. The molecule has 0 spiro atoms. The summed E-state index contributed by atoms with van der Waals surface area (Å²) in [5, 5.41) is 0. The highest BCUT2D eigenvalue weighted by Crippen LogP contribution is 1.98. The summed E-state index contributed by atoms with van der Waals surface area (Å²) in [6.45, 7) is 8.35.